The van der Waals surface area contributed by atoms with Crippen LogP contribution in [0.25, 0.3) is 11.4 Å². The molecule has 1 aromatic carbocycles. The summed E-state index contributed by atoms with van der Waals surface area (Å²) in [6, 6.07) is 12.5. The summed E-state index contributed by atoms with van der Waals surface area (Å²) < 4.78 is 3.17. The molecule has 2 N–H and O–H groups in total. The van der Waals surface area contributed by atoms with Crippen molar-refractivity contribution >= 4 is 34.8 Å². The van der Waals surface area contributed by atoms with Gasteiger partial charge in [0, 0.05) is 18.0 Å². The van der Waals surface area contributed by atoms with Gasteiger partial charge in [-0.25, -0.2) is 9.48 Å². The molecule has 4 aromatic rings. The van der Waals surface area contributed by atoms with E-state index in [0.29, 0.717) is 20.6 Å². The molecule has 1 amide bonds. The van der Waals surface area contributed by atoms with E-state index in [1.807, 2.05) is 0 Å². The maximum atomic E-state index is 12.1. The Morgan fingerprint density at radius 1 is 1.16 bits per heavy atom. The zero-order valence-electron chi connectivity index (χ0n) is 15.7. The fourth-order valence-electron chi connectivity index (χ4n) is 2.88. The molecule has 0 saturated heterocycles. The average molecular weight is 456 g/mol. The minimum Gasteiger partial charge on any atom is -0.478 e. The van der Waals surface area contributed by atoms with Gasteiger partial charge in [-0.2, -0.15) is 0 Å². The van der Waals surface area contributed by atoms with Crippen LogP contribution in [0.15, 0.2) is 65.7 Å². The van der Waals surface area contributed by atoms with Gasteiger partial charge in [-0.1, -0.05) is 22.9 Å². The van der Waals surface area contributed by atoms with Gasteiger partial charge in [0.1, 0.15) is 5.69 Å². The van der Waals surface area contributed by atoms with Crippen molar-refractivity contribution in [3.63, 3.8) is 0 Å². The Bertz CT molecular complexity index is 1340. The van der Waals surface area contributed by atoms with Crippen LogP contribution >= 0.6 is 22.9 Å². The Kier molecular flexibility index (Phi) is 5.65. The highest BCUT2D eigenvalue weighted by Crippen LogP contribution is 2.21. The van der Waals surface area contributed by atoms with Gasteiger partial charge in [0.25, 0.3) is 11.5 Å². The highest BCUT2D eigenvalue weighted by Gasteiger charge is 2.16. The van der Waals surface area contributed by atoms with Crippen LogP contribution in [-0.2, 0) is 6.54 Å². The lowest BCUT2D eigenvalue weighted by atomic mass is 10.1. The highest BCUT2D eigenvalue weighted by atomic mass is 35.5. The molecular formula is C20H14ClN5O4S. The lowest BCUT2D eigenvalue weighted by molar-refractivity contribution is 0.0696. The number of rotatable bonds is 6. The SMILES string of the molecule is O=C(NCc1cn(-c2ccc(-n3ccccc3=O)cc2C(=O)O)nn1)c1ccc(Cl)s1. The van der Waals surface area contributed by atoms with Crippen LogP contribution in [-0.4, -0.2) is 36.5 Å². The number of benzene rings is 1. The van der Waals surface area contributed by atoms with Gasteiger partial charge in [-0.15, -0.1) is 16.4 Å². The summed E-state index contributed by atoms with van der Waals surface area (Å²) in [6.07, 6.45) is 3.08. The second kappa shape index (κ2) is 8.54. The molecule has 0 atom stereocenters. The molecule has 3 aromatic heterocycles. The Hall–Kier alpha value is -3.76. The van der Waals surface area contributed by atoms with E-state index >= 15 is 0 Å². The number of nitrogens with one attached hydrogen (secondary N) is 1. The van der Waals surface area contributed by atoms with Crippen LogP contribution in [0.2, 0.25) is 4.34 Å². The first-order chi connectivity index (χ1) is 14.9. The summed E-state index contributed by atoms with van der Waals surface area (Å²) in [5.74, 6) is -1.48. The molecule has 0 saturated carbocycles. The Morgan fingerprint density at radius 3 is 2.71 bits per heavy atom. The zero-order valence-corrected chi connectivity index (χ0v) is 17.3. The third-order valence-electron chi connectivity index (χ3n) is 4.33. The van der Waals surface area contributed by atoms with Crippen molar-refractivity contribution in [2.75, 3.05) is 0 Å². The number of thiophene rings is 1. The number of aromatic carboxylic acids is 1. The lowest BCUT2D eigenvalue weighted by Crippen LogP contribution is -2.21. The predicted molar refractivity (Wildman–Crippen MR) is 114 cm³/mol. The van der Waals surface area contributed by atoms with Crippen molar-refractivity contribution in [1.82, 2.24) is 24.9 Å². The summed E-state index contributed by atoms with van der Waals surface area (Å²) in [4.78, 5) is 36.5. The van der Waals surface area contributed by atoms with Crippen molar-refractivity contribution in [3.05, 3.63) is 91.7 Å². The van der Waals surface area contributed by atoms with E-state index in [4.69, 9.17) is 11.6 Å². The molecule has 9 nitrogen and oxygen atoms in total. The van der Waals surface area contributed by atoms with E-state index in [1.165, 1.54) is 27.6 Å². The molecule has 0 fully saturated rings. The molecule has 0 aliphatic heterocycles. The largest absolute Gasteiger partial charge is 0.478 e. The highest BCUT2D eigenvalue weighted by molar-refractivity contribution is 7.17. The summed E-state index contributed by atoms with van der Waals surface area (Å²) in [5, 5.41) is 20.3. The number of carbonyl (C=O) groups excluding carboxylic acids is 1. The third-order valence-corrected chi connectivity index (χ3v) is 5.56. The van der Waals surface area contributed by atoms with E-state index in [0.717, 1.165) is 11.3 Å². The quantitative estimate of drug-likeness (QED) is 0.461. The summed E-state index contributed by atoms with van der Waals surface area (Å²) in [5.41, 5.74) is 0.791. The number of halogens is 1. The molecule has 156 valence electrons. The summed E-state index contributed by atoms with van der Waals surface area (Å²) in [6.45, 7) is 0.105. The number of hydrogen-bond donors (Lipinski definition) is 2. The molecule has 0 unspecified atom stereocenters. The molecule has 0 bridgehead atoms. The molecular weight excluding hydrogens is 442 g/mol. The van der Waals surface area contributed by atoms with E-state index in [-0.39, 0.29) is 29.3 Å². The van der Waals surface area contributed by atoms with Gasteiger partial charge in [-0.05, 0) is 36.4 Å². The molecule has 3 heterocycles. The molecule has 0 radical (unpaired) electrons. The van der Waals surface area contributed by atoms with Crippen LogP contribution in [0.1, 0.15) is 25.7 Å². The summed E-state index contributed by atoms with van der Waals surface area (Å²) in [7, 11) is 0. The monoisotopic (exact) mass is 455 g/mol. The van der Waals surface area contributed by atoms with Gasteiger partial charge in [0.05, 0.1) is 33.2 Å². The number of hydrogen-bond acceptors (Lipinski definition) is 6. The third kappa shape index (κ3) is 4.39. The number of nitrogens with zero attached hydrogens (tertiary/aromatic N) is 4. The zero-order chi connectivity index (χ0) is 22.0. The number of amides is 1. The molecule has 31 heavy (non-hydrogen) atoms. The van der Waals surface area contributed by atoms with Gasteiger partial charge in [-0.3, -0.25) is 14.2 Å². The van der Waals surface area contributed by atoms with Crippen molar-refractivity contribution in [3.8, 4) is 11.4 Å². The van der Waals surface area contributed by atoms with Crippen LogP contribution in [0.5, 0.6) is 0 Å². The normalized spacial score (nSPS) is 10.7. The van der Waals surface area contributed by atoms with Crippen molar-refractivity contribution in [1.29, 1.82) is 0 Å². The second-order valence-corrected chi connectivity index (χ2v) is 8.07. The van der Waals surface area contributed by atoms with Crippen LogP contribution < -0.4 is 10.9 Å². The Morgan fingerprint density at radius 2 is 2.00 bits per heavy atom. The molecule has 0 aliphatic carbocycles. The van der Waals surface area contributed by atoms with Crippen molar-refractivity contribution in [2.45, 2.75) is 6.54 Å². The van der Waals surface area contributed by atoms with Gasteiger partial charge >= 0.3 is 5.97 Å². The van der Waals surface area contributed by atoms with Crippen LogP contribution in [0.3, 0.4) is 0 Å². The first-order valence-electron chi connectivity index (χ1n) is 8.93. The minimum atomic E-state index is -1.18. The first-order valence-corrected chi connectivity index (χ1v) is 10.1. The molecule has 11 heteroatoms. The topological polar surface area (TPSA) is 119 Å². The number of carbonyl (C=O) groups is 2. The second-order valence-electron chi connectivity index (χ2n) is 6.36. The molecule has 4 rings (SSSR count). The lowest BCUT2D eigenvalue weighted by Gasteiger charge is -2.10. The summed E-state index contributed by atoms with van der Waals surface area (Å²) >= 11 is 7.00. The van der Waals surface area contributed by atoms with E-state index < -0.39 is 5.97 Å². The number of carboxylic acid groups (broad SMARTS) is 1. The van der Waals surface area contributed by atoms with Gasteiger partial charge in [0.2, 0.25) is 0 Å². The van der Waals surface area contributed by atoms with E-state index in [2.05, 4.69) is 15.6 Å². The van der Waals surface area contributed by atoms with E-state index in [9.17, 15) is 19.5 Å². The van der Waals surface area contributed by atoms with Crippen LogP contribution in [0.4, 0.5) is 0 Å². The molecule has 0 aliphatic rings. The van der Waals surface area contributed by atoms with Gasteiger partial charge < -0.3 is 10.4 Å². The maximum absolute atomic E-state index is 12.1. The van der Waals surface area contributed by atoms with Crippen LogP contribution in [0, 0.1) is 0 Å². The van der Waals surface area contributed by atoms with Crippen molar-refractivity contribution in [2.24, 2.45) is 0 Å². The maximum Gasteiger partial charge on any atom is 0.337 e. The predicted octanol–water partition coefficient (Wildman–Crippen LogP) is 2.76. The smallest absolute Gasteiger partial charge is 0.337 e. The fraction of sp³-hybridized carbons (Fsp3) is 0.0500. The Labute approximate surface area is 184 Å². The molecule has 0 spiro atoms. The number of pyridine rings is 1. The fourth-order valence-corrected chi connectivity index (χ4v) is 3.84. The first kappa shape index (κ1) is 20.5. The Balaban J connectivity index is 1.58. The number of carboxylic acids is 1. The van der Waals surface area contributed by atoms with Crippen molar-refractivity contribution < 1.29 is 14.7 Å². The minimum absolute atomic E-state index is 0.0537. The average Bonchev–Trinajstić information content (AvgIpc) is 3.41. The standard InChI is InChI=1S/C20H14ClN5O4S/c21-17-7-6-16(31-17)19(28)22-10-12-11-26(24-23-12)15-5-4-13(9-14(15)20(29)30)25-8-2-1-3-18(25)27/h1-9,11H,10H2,(H,22,28)(H,29,30). The number of aromatic nitrogens is 4. The van der Waals surface area contributed by atoms with E-state index in [1.54, 1.807) is 42.6 Å². The van der Waals surface area contributed by atoms with Gasteiger partial charge in [0.15, 0.2) is 0 Å².